The van der Waals surface area contributed by atoms with Crippen LogP contribution in [-0.4, -0.2) is 5.97 Å². The minimum atomic E-state index is -0.519. The van der Waals surface area contributed by atoms with Gasteiger partial charge in [-0.25, -0.2) is 0 Å². The highest BCUT2D eigenvalue weighted by Crippen LogP contribution is 2.44. The predicted molar refractivity (Wildman–Crippen MR) is 95.8 cm³/mol. The van der Waals surface area contributed by atoms with E-state index in [0.717, 1.165) is 16.7 Å². The maximum Gasteiger partial charge on any atom is 0.318 e. The molecular weight excluding hydrogens is 326 g/mol. The summed E-state index contributed by atoms with van der Waals surface area (Å²) >= 11 is 0. The lowest BCUT2D eigenvalue weighted by Gasteiger charge is -2.26. The van der Waals surface area contributed by atoms with E-state index < -0.39 is 5.92 Å². The lowest BCUT2D eigenvalue weighted by atomic mass is 9.88. The van der Waals surface area contributed by atoms with Crippen LogP contribution in [0.15, 0.2) is 72.8 Å². The molecule has 0 saturated heterocycles. The number of fused-ring (bicyclic) bond motifs is 2. The highest BCUT2D eigenvalue weighted by Gasteiger charge is 2.33. The monoisotopic (exact) mass is 341 g/mol. The molecule has 0 saturated carbocycles. The zero-order chi connectivity index (χ0) is 17.9. The Morgan fingerprint density at radius 2 is 1.50 bits per heavy atom. The minimum Gasteiger partial charge on any atom is -0.460 e. The van der Waals surface area contributed by atoms with Crippen molar-refractivity contribution in [2.24, 2.45) is 0 Å². The Balaban J connectivity index is 1.60. The summed E-state index contributed by atoms with van der Waals surface area (Å²) in [4.78, 5) is 12.9. The van der Waals surface area contributed by atoms with E-state index in [0.29, 0.717) is 17.1 Å². The molecule has 0 fully saturated rings. The summed E-state index contributed by atoms with van der Waals surface area (Å²) < 4.78 is 11.5. The molecule has 4 rings (SSSR count). The molecule has 0 amide bonds. The average molecular weight is 341 g/mol. The molecule has 0 aromatic heterocycles. The second kappa shape index (κ2) is 6.73. The Kier molecular flexibility index (Phi) is 4.12. The Morgan fingerprint density at radius 3 is 2.08 bits per heavy atom. The molecule has 0 atom stereocenters. The SMILES string of the molecule is N#Cc1ccc(COC(=O)C2c3ccccc3Oc3ccccc32)cc1. The number of hydrogen-bond donors (Lipinski definition) is 0. The third-order valence-electron chi connectivity index (χ3n) is 4.38. The average Bonchev–Trinajstić information content (AvgIpc) is 2.70. The lowest BCUT2D eigenvalue weighted by molar-refractivity contribution is -0.145. The Bertz CT molecular complexity index is 957. The molecule has 0 aliphatic carbocycles. The Hall–Kier alpha value is -3.58. The number of ether oxygens (including phenoxy) is 2. The van der Waals surface area contributed by atoms with Gasteiger partial charge < -0.3 is 9.47 Å². The van der Waals surface area contributed by atoms with Gasteiger partial charge in [-0.2, -0.15) is 5.26 Å². The fraction of sp³-hybridized carbons (Fsp3) is 0.0909. The van der Waals surface area contributed by atoms with Crippen LogP contribution in [0, 0.1) is 11.3 Å². The second-order valence-electron chi connectivity index (χ2n) is 6.03. The Morgan fingerprint density at radius 1 is 0.923 bits per heavy atom. The van der Waals surface area contributed by atoms with E-state index in [-0.39, 0.29) is 12.6 Å². The van der Waals surface area contributed by atoms with Crippen LogP contribution in [0.3, 0.4) is 0 Å². The van der Waals surface area contributed by atoms with Crippen molar-refractivity contribution in [1.29, 1.82) is 5.26 Å². The van der Waals surface area contributed by atoms with E-state index in [1.807, 2.05) is 48.5 Å². The first kappa shape index (κ1) is 15.9. The van der Waals surface area contributed by atoms with Gasteiger partial charge in [-0.15, -0.1) is 0 Å². The smallest absolute Gasteiger partial charge is 0.318 e. The molecule has 26 heavy (non-hydrogen) atoms. The van der Waals surface area contributed by atoms with E-state index >= 15 is 0 Å². The molecule has 0 radical (unpaired) electrons. The van der Waals surface area contributed by atoms with Crippen LogP contribution in [0.4, 0.5) is 0 Å². The third kappa shape index (κ3) is 2.91. The first-order valence-corrected chi connectivity index (χ1v) is 8.27. The minimum absolute atomic E-state index is 0.159. The van der Waals surface area contributed by atoms with Crippen LogP contribution < -0.4 is 4.74 Å². The van der Waals surface area contributed by atoms with Gasteiger partial charge in [-0.3, -0.25) is 4.79 Å². The molecule has 3 aromatic rings. The summed E-state index contributed by atoms with van der Waals surface area (Å²) in [6.45, 7) is 0.159. The maximum atomic E-state index is 12.9. The van der Waals surface area contributed by atoms with Gasteiger partial charge in [-0.05, 0) is 29.8 Å². The Labute approximate surface area is 151 Å². The third-order valence-corrected chi connectivity index (χ3v) is 4.38. The molecule has 0 unspecified atom stereocenters. The summed E-state index contributed by atoms with van der Waals surface area (Å²) in [6, 6.07) is 24.1. The van der Waals surface area contributed by atoms with Crippen molar-refractivity contribution in [1.82, 2.24) is 0 Å². The van der Waals surface area contributed by atoms with Gasteiger partial charge in [0.2, 0.25) is 0 Å². The lowest BCUT2D eigenvalue weighted by Crippen LogP contribution is -2.21. The molecule has 0 N–H and O–H groups in total. The molecule has 1 aliphatic heterocycles. The van der Waals surface area contributed by atoms with Crippen molar-refractivity contribution in [3.63, 3.8) is 0 Å². The molecule has 126 valence electrons. The van der Waals surface area contributed by atoms with E-state index in [2.05, 4.69) is 6.07 Å². The number of carbonyl (C=O) groups is 1. The van der Waals surface area contributed by atoms with E-state index in [1.54, 1.807) is 24.3 Å². The molecule has 4 heteroatoms. The highest BCUT2D eigenvalue weighted by atomic mass is 16.5. The van der Waals surface area contributed by atoms with Crippen LogP contribution in [-0.2, 0) is 16.1 Å². The number of hydrogen-bond acceptors (Lipinski definition) is 4. The van der Waals surface area contributed by atoms with Gasteiger partial charge in [0.25, 0.3) is 0 Å². The van der Waals surface area contributed by atoms with E-state index in [1.165, 1.54) is 0 Å². The van der Waals surface area contributed by atoms with Gasteiger partial charge >= 0.3 is 5.97 Å². The molecule has 1 heterocycles. The second-order valence-corrected chi connectivity index (χ2v) is 6.03. The standard InChI is InChI=1S/C22H15NO3/c23-13-15-9-11-16(12-10-15)14-25-22(24)21-17-5-1-3-7-19(17)26-20-8-4-2-6-18(20)21/h1-12,21H,14H2. The molecule has 1 aliphatic rings. The fourth-order valence-electron chi connectivity index (χ4n) is 3.08. The largest absolute Gasteiger partial charge is 0.460 e. The number of nitriles is 1. The number of benzene rings is 3. The maximum absolute atomic E-state index is 12.9. The number of esters is 1. The highest BCUT2D eigenvalue weighted by molar-refractivity contribution is 5.85. The van der Waals surface area contributed by atoms with Gasteiger partial charge in [0, 0.05) is 11.1 Å². The van der Waals surface area contributed by atoms with Gasteiger partial charge in [0.1, 0.15) is 24.0 Å². The molecular formula is C22H15NO3. The normalized spacial score (nSPS) is 12.3. The first-order valence-electron chi connectivity index (χ1n) is 8.27. The first-order chi connectivity index (χ1) is 12.8. The van der Waals surface area contributed by atoms with Crippen molar-refractivity contribution >= 4 is 5.97 Å². The zero-order valence-corrected chi connectivity index (χ0v) is 13.9. The number of para-hydroxylation sites is 2. The van der Waals surface area contributed by atoms with Crippen LogP contribution >= 0.6 is 0 Å². The summed E-state index contributed by atoms with van der Waals surface area (Å²) in [5.74, 6) is 0.505. The summed E-state index contributed by atoms with van der Waals surface area (Å²) in [6.07, 6.45) is 0. The van der Waals surface area contributed by atoms with Gasteiger partial charge in [-0.1, -0.05) is 48.5 Å². The molecule has 0 spiro atoms. The van der Waals surface area contributed by atoms with Crippen molar-refractivity contribution in [2.45, 2.75) is 12.5 Å². The van der Waals surface area contributed by atoms with Crippen LogP contribution in [0.5, 0.6) is 11.5 Å². The number of carbonyl (C=O) groups excluding carboxylic acids is 1. The van der Waals surface area contributed by atoms with Crippen molar-refractivity contribution in [3.8, 4) is 17.6 Å². The van der Waals surface area contributed by atoms with Crippen LogP contribution in [0.2, 0.25) is 0 Å². The van der Waals surface area contributed by atoms with Gasteiger partial charge in [0.15, 0.2) is 0 Å². The predicted octanol–water partition coefficient (Wildman–Crippen LogP) is 4.54. The topological polar surface area (TPSA) is 59.3 Å². The molecule has 3 aromatic carbocycles. The zero-order valence-electron chi connectivity index (χ0n) is 13.9. The van der Waals surface area contributed by atoms with Crippen LogP contribution in [0.25, 0.3) is 0 Å². The van der Waals surface area contributed by atoms with Crippen molar-refractivity contribution < 1.29 is 14.3 Å². The van der Waals surface area contributed by atoms with Crippen molar-refractivity contribution in [3.05, 3.63) is 95.1 Å². The fourth-order valence-corrected chi connectivity index (χ4v) is 3.08. The summed E-state index contributed by atoms with van der Waals surface area (Å²) in [7, 11) is 0. The number of rotatable bonds is 3. The van der Waals surface area contributed by atoms with Crippen LogP contribution in [0.1, 0.15) is 28.2 Å². The van der Waals surface area contributed by atoms with E-state index in [4.69, 9.17) is 14.7 Å². The summed E-state index contributed by atoms with van der Waals surface area (Å²) in [5.41, 5.74) is 3.02. The molecule has 0 bridgehead atoms. The quantitative estimate of drug-likeness (QED) is 0.656. The van der Waals surface area contributed by atoms with E-state index in [9.17, 15) is 4.79 Å². The summed E-state index contributed by atoms with van der Waals surface area (Å²) in [5, 5.41) is 8.86. The van der Waals surface area contributed by atoms with Crippen molar-refractivity contribution in [2.75, 3.05) is 0 Å². The van der Waals surface area contributed by atoms with Gasteiger partial charge in [0.05, 0.1) is 11.6 Å². The molecule has 4 nitrogen and oxygen atoms in total. The number of nitrogens with zero attached hydrogens (tertiary/aromatic N) is 1.